The molecule has 0 N–H and O–H groups in total. The van der Waals surface area contributed by atoms with Crippen molar-refractivity contribution in [2.45, 2.75) is 6.61 Å². The van der Waals surface area contributed by atoms with E-state index in [1.54, 1.807) is 7.11 Å². The summed E-state index contributed by atoms with van der Waals surface area (Å²) in [6.07, 6.45) is 3.99. The third-order valence-corrected chi connectivity index (χ3v) is 4.58. The van der Waals surface area contributed by atoms with Crippen LogP contribution in [0.1, 0.15) is 5.56 Å². The lowest BCUT2D eigenvalue weighted by atomic mass is 10.1. The number of rotatable bonds is 5. The van der Waals surface area contributed by atoms with Gasteiger partial charge in [0.1, 0.15) is 12.3 Å². The Kier molecular flexibility index (Phi) is 4.63. The number of hydrogen-bond acceptors (Lipinski definition) is 3. The molecule has 4 aromatic rings. The SMILES string of the molecule is COc1cc(-c2cn3cc(Br)ccc3n2)ccc1OCc1ccccc1. The van der Waals surface area contributed by atoms with Gasteiger partial charge in [-0.2, -0.15) is 0 Å². The van der Waals surface area contributed by atoms with E-state index in [1.807, 2.05) is 77.5 Å². The second-order valence-corrected chi connectivity index (χ2v) is 6.79. The average molecular weight is 409 g/mol. The van der Waals surface area contributed by atoms with Gasteiger partial charge in [-0.3, -0.25) is 0 Å². The number of fused-ring (bicyclic) bond motifs is 1. The molecule has 2 heterocycles. The van der Waals surface area contributed by atoms with Gasteiger partial charge in [0.05, 0.1) is 12.8 Å². The Morgan fingerprint density at radius 2 is 1.81 bits per heavy atom. The smallest absolute Gasteiger partial charge is 0.161 e. The van der Waals surface area contributed by atoms with Crippen LogP contribution in [0.2, 0.25) is 0 Å². The highest BCUT2D eigenvalue weighted by molar-refractivity contribution is 9.10. The minimum absolute atomic E-state index is 0.499. The lowest BCUT2D eigenvalue weighted by Gasteiger charge is -2.11. The number of imidazole rings is 1. The van der Waals surface area contributed by atoms with Crippen LogP contribution in [0.5, 0.6) is 11.5 Å². The Hall–Kier alpha value is -2.79. The zero-order valence-electron chi connectivity index (χ0n) is 14.2. The molecule has 0 aliphatic rings. The van der Waals surface area contributed by atoms with E-state index in [2.05, 4.69) is 20.9 Å². The molecule has 130 valence electrons. The quantitative estimate of drug-likeness (QED) is 0.446. The molecule has 0 fully saturated rings. The van der Waals surface area contributed by atoms with Gasteiger partial charge in [-0.05, 0) is 51.8 Å². The average Bonchev–Trinajstić information content (AvgIpc) is 3.10. The first kappa shape index (κ1) is 16.7. The molecular weight excluding hydrogens is 392 g/mol. The van der Waals surface area contributed by atoms with Crippen molar-refractivity contribution < 1.29 is 9.47 Å². The maximum absolute atomic E-state index is 5.92. The van der Waals surface area contributed by atoms with Crippen LogP contribution in [0.15, 0.2) is 77.5 Å². The topological polar surface area (TPSA) is 35.8 Å². The Morgan fingerprint density at radius 3 is 2.62 bits per heavy atom. The molecule has 0 aliphatic heterocycles. The van der Waals surface area contributed by atoms with Crippen molar-refractivity contribution in [3.05, 3.63) is 83.1 Å². The molecule has 0 bridgehead atoms. The van der Waals surface area contributed by atoms with Gasteiger partial charge in [0.25, 0.3) is 0 Å². The van der Waals surface area contributed by atoms with E-state index >= 15 is 0 Å². The summed E-state index contributed by atoms with van der Waals surface area (Å²) in [7, 11) is 1.65. The summed E-state index contributed by atoms with van der Waals surface area (Å²) in [6.45, 7) is 0.499. The number of ether oxygens (including phenoxy) is 2. The Bertz CT molecular complexity index is 1040. The number of hydrogen-bond donors (Lipinski definition) is 0. The van der Waals surface area contributed by atoms with Crippen molar-refractivity contribution in [1.29, 1.82) is 0 Å². The van der Waals surface area contributed by atoms with Crippen LogP contribution in [0, 0.1) is 0 Å². The summed E-state index contributed by atoms with van der Waals surface area (Å²) in [4.78, 5) is 4.67. The fraction of sp³-hybridized carbons (Fsp3) is 0.0952. The molecular formula is C21H17BrN2O2. The van der Waals surface area contributed by atoms with Gasteiger partial charge in [-0.15, -0.1) is 0 Å². The normalized spacial score (nSPS) is 10.8. The van der Waals surface area contributed by atoms with E-state index in [9.17, 15) is 0 Å². The Balaban J connectivity index is 1.61. The number of pyridine rings is 1. The molecule has 2 aromatic heterocycles. The van der Waals surface area contributed by atoms with Gasteiger partial charge >= 0.3 is 0 Å². The largest absolute Gasteiger partial charge is 0.493 e. The molecule has 0 aliphatic carbocycles. The number of aromatic nitrogens is 2. The summed E-state index contributed by atoms with van der Waals surface area (Å²) >= 11 is 3.48. The highest BCUT2D eigenvalue weighted by Gasteiger charge is 2.10. The van der Waals surface area contributed by atoms with Crippen molar-refractivity contribution >= 4 is 21.6 Å². The zero-order chi connectivity index (χ0) is 17.9. The van der Waals surface area contributed by atoms with E-state index in [0.29, 0.717) is 18.1 Å². The molecule has 4 nitrogen and oxygen atoms in total. The third kappa shape index (κ3) is 3.44. The minimum Gasteiger partial charge on any atom is -0.493 e. The van der Waals surface area contributed by atoms with Crippen molar-refractivity contribution in [3.8, 4) is 22.8 Å². The van der Waals surface area contributed by atoms with Crippen molar-refractivity contribution in [1.82, 2.24) is 9.38 Å². The van der Waals surface area contributed by atoms with Gasteiger partial charge < -0.3 is 13.9 Å². The Morgan fingerprint density at radius 1 is 0.962 bits per heavy atom. The predicted molar refractivity (Wildman–Crippen MR) is 106 cm³/mol. The van der Waals surface area contributed by atoms with Gasteiger partial charge in [-0.1, -0.05) is 30.3 Å². The number of nitrogens with zero attached hydrogens (tertiary/aromatic N) is 2. The second-order valence-electron chi connectivity index (χ2n) is 5.88. The van der Waals surface area contributed by atoms with E-state index in [-0.39, 0.29) is 0 Å². The van der Waals surface area contributed by atoms with Crippen LogP contribution >= 0.6 is 15.9 Å². The lowest BCUT2D eigenvalue weighted by molar-refractivity contribution is 0.284. The monoisotopic (exact) mass is 408 g/mol. The Labute approximate surface area is 160 Å². The standard InChI is InChI=1S/C21H17BrN2O2/c1-25-20-11-16(18-13-24-12-17(22)8-10-21(24)23-18)7-9-19(20)26-14-15-5-3-2-4-6-15/h2-13H,14H2,1H3. The fourth-order valence-corrected chi connectivity index (χ4v) is 3.14. The minimum atomic E-state index is 0.499. The molecule has 0 radical (unpaired) electrons. The first-order valence-electron chi connectivity index (χ1n) is 8.22. The number of halogens is 1. The molecule has 4 rings (SSSR count). The van der Waals surface area contributed by atoms with E-state index < -0.39 is 0 Å². The van der Waals surface area contributed by atoms with Gasteiger partial charge in [-0.25, -0.2) is 4.98 Å². The third-order valence-electron chi connectivity index (χ3n) is 4.11. The van der Waals surface area contributed by atoms with E-state index in [0.717, 1.165) is 26.9 Å². The first-order chi connectivity index (χ1) is 12.7. The highest BCUT2D eigenvalue weighted by atomic mass is 79.9. The van der Waals surface area contributed by atoms with E-state index in [4.69, 9.17) is 9.47 Å². The zero-order valence-corrected chi connectivity index (χ0v) is 15.8. The highest BCUT2D eigenvalue weighted by Crippen LogP contribution is 2.33. The van der Waals surface area contributed by atoms with Crippen LogP contribution in [0.4, 0.5) is 0 Å². The van der Waals surface area contributed by atoms with Gasteiger partial charge in [0.2, 0.25) is 0 Å². The molecule has 0 saturated heterocycles. The molecule has 0 unspecified atom stereocenters. The van der Waals surface area contributed by atoms with Crippen molar-refractivity contribution in [2.75, 3.05) is 7.11 Å². The van der Waals surface area contributed by atoms with Crippen LogP contribution in [-0.4, -0.2) is 16.5 Å². The molecule has 0 saturated carbocycles. The van der Waals surface area contributed by atoms with Gasteiger partial charge in [0.15, 0.2) is 11.5 Å². The molecule has 0 atom stereocenters. The summed E-state index contributed by atoms with van der Waals surface area (Å²) in [5, 5.41) is 0. The van der Waals surface area contributed by atoms with Gasteiger partial charge in [0, 0.05) is 22.4 Å². The second kappa shape index (κ2) is 7.22. The van der Waals surface area contributed by atoms with Crippen molar-refractivity contribution in [2.24, 2.45) is 0 Å². The summed E-state index contributed by atoms with van der Waals surface area (Å²) in [5.74, 6) is 1.41. The summed E-state index contributed by atoms with van der Waals surface area (Å²) < 4.78 is 14.4. The van der Waals surface area contributed by atoms with Crippen LogP contribution in [0.3, 0.4) is 0 Å². The molecule has 26 heavy (non-hydrogen) atoms. The maximum atomic E-state index is 5.92. The summed E-state index contributed by atoms with van der Waals surface area (Å²) in [6, 6.07) is 19.9. The van der Waals surface area contributed by atoms with Crippen molar-refractivity contribution in [3.63, 3.8) is 0 Å². The maximum Gasteiger partial charge on any atom is 0.161 e. The molecule has 5 heteroatoms. The molecule has 0 amide bonds. The predicted octanol–water partition coefficient (Wildman–Crippen LogP) is 5.35. The number of methoxy groups -OCH3 is 1. The fourth-order valence-electron chi connectivity index (χ4n) is 2.79. The van der Waals surface area contributed by atoms with Crippen LogP contribution in [-0.2, 0) is 6.61 Å². The van der Waals surface area contributed by atoms with Crippen LogP contribution in [0.25, 0.3) is 16.9 Å². The molecule has 0 spiro atoms. The lowest BCUT2D eigenvalue weighted by Crippen LogP contribution is -1.97. The van der Waals surface area contributed by atoms with E-state index in [1.165, 1.54) is 0 Å². The first-order valence-corrected chi connectivity index (χ1v) is 9.01. The summed E-state index contributed by atoms with van der Waals surface area (Å²) in [5.41, 5.74) is 3.88. The number of benzene rings is 2. The molecule has 2 aromatic carbocycles. The van der Waals surface area contributed by atoms with Crippen LogP contribution < -0.4 is 9.47 Å².